The van der Waals surface area contributed by atoms with Crippen molar-refractivity contribution in [3.8, 4) is 17.6 Å². The van der Waals surface area contributed by atoms with Gasteiger partial charge in [0.2, 0.25) is 0 Å². The molecule has 0 spiro atoms. The van der Waals surface area contributed by atoms with Gasteiger partial charge in [-0.05, 0) is 37.5 Å². The quantitative estimate of drug-likeness (QED) is 0.610. The summed E-state index contributed by atoms with van der Waals surface area (Å²) in [6.07, 6.45) is 4.77. The first-order valence-electron chi connectivity index (χ1n) is 11.9. The van der Waals surface area contributed by atoms with Gasteiger partial charge in [-0.1, -0.05) is 19.8 Å². The molecule has 0 bridgehead atoms. The van der Waals surface area contributed by atoms with Gasteiger partial charge in [-0.2, -0.15) is 5.26 Å². The van der Waals surface area contributed by atoms with Gasteiger partial charge in [0.15, 0.2) is 11.5 Å². The van der Waals surface area contributed by atoms with Crippen LogP contribution in [0.4, 0.5) is 0 Å². The molecule has 2 fully saturated rings. The number of morpholine rings is 1. The van der Waals surface area contributed by atoms with Gasteiger partial charge >= 0.3 is 0 Å². The molecule has 0 radical (unpaired) electrons. The number of hydrogen-bond acceptors (Lipinski definition) is 7. The Labute approximate surface area is 196 Å². The Morgan fingerprint density at radius 1 is 1.28 bits per heavy atom. The van der Waals surface area contributed by atoms with E-state index >= 15 is 0 Å². The summed E-state index contributed by atoms with van der Waals surface area (Å²) in [7, 11) is 1.68. The Hall–Kier alpha value is -1.88. The van der Waals surface area contributed by atoms with Crippen molar-refractivity contribution in [3.63, 3.8) is 0 Å². The van der Waals surface area contributed by atoms with Crippen molar-refractivity contribution in [2.24, 2.45) is 0 Å². The zero-order valence-electron chi connectivity index (χ0n) is 19.5. The molecule has 4 rings (SSSR count). The maximum atomic E-state index is 10.2. The predicted octanol–water partition coefficient (Wildman–Crippen LogP) is 4.37. The number of allylic oxidation sites excluding steroid dienone is 1. The maximum Gasteiger partial charge on any atom is 0.161 e. The van der Waals surface area contributed by atoms with E-state index in [2.05, 4.69) is 35.3 Å². The van der Waals surface area contributed by atoms with Gasteiger partial charge in [-0.15, -0.1) is 11.8 Å². The van der Waals surface area contributed by atoms with Crippen LogP contribution in [0.3, 0.4) is 0 Å². The highest BCUT2D eigenvalue weighted by molar-refractivity contribution is 8.04. The van der Waals surface area contributed by atoms with E-state index in [1.807, 2.05) is 6.92 Å². The topological polar surface area (TPSA) is 66.8 Å². The molecule has 1 aliphatic carbocycles. The molecule has 1 saturated heterocycles. The molecule has 0 aromatic heterocycles. The van der Waals surface area contributed by atoms with Gasteiger partial charge < -0.3 is 19.5 Å². The minimum atomic E-state index is 0.314. The summed E-state index contributed by atoms with van der Waals surface area (Å²) in [4.78, 5) is 3.19. The lowest BCUT2D eigenvalue weighted by atomic mass is 9.75. The number of nitrogens with one attached hydrogen (secondary N) is 1. The number of fused-ring (bicyclic) bond motifs is 3. The van der Waals surface area contributed by atoms with Crippen LogP contribution >= 0.6 is 11.8 Å². The second-order valence-corrected chi connectivity index (χ2v) is 10.3. The summed E-state index contributed by atoms with van der Waals surface area (Å²) in [5.41, 5.74) is 3.35. The maximum absolute atomic E-state index is 10.2. The Morgan fingerprint density at radius 3 is 2.78 bits per heavy atom. The van der Waals surface area contributed by atoms with E-state index in [1.54, 1.807) is 18.9 Å². The molecule has 0 amide bonds. The lowest BCUT2D eigenvalue weighted by Crippen LogP contribution is -2.41. The van der Waals surface area contributed by atoms with Crippen LogP contribution in [0.2, 0.25) is 0 Å². The van der Waals surface area contributed by atoms with Crippen LogP contribution < -0.4 is 14.8 Å². The van der Waals surface area contributed by atoms with E-state index in [1.165, 1.54) is 18.4 Å². The number of methoxy groups -OCH3 is 1. The third-order valence-corrected chi connectivity index (χ3v) is 7.75. The average molecular weight is 458 g/mol. The number of benzene rings is 1. The molecule has 2 heterocycles. The molecular formula is C25H35N3O3S. The van der Waals surface area contributed by atoms with Gasteiger partial charge in [0.05, 0.1) is 32.6 Å². The van der Waals surface area contributed by atoms with Gasteiger partial charge in [-0.25, -0.2) is 0 Å². The second kappa shape index (κ2) is 10.8. The summed E-state index contributed by atoms with van der Waals surface area (Å²) < 4.78 is 17.0. The molecule has 6 nitrogen and oxygen atoms in total. The zero-order valence-corrected chi connectivity index (χ0v) is 20.3. The van der Waals surface area contributed by atoms with Gasteiger partial charge in [-0.3, -0.25) is 4.90 Å². The molecule has 1 aromatic carbocycles. The number of nitriles is 1. The van der Waals surface area contributed by atoms with Crippen LogP contribution in [0, 0.1) is 11.3 Å². The Morgan fingerprint density at radius 2 is 2.06 bits per heavy atom. The highest BCUT2D eigenvalue weighted by atomic mass is 32.2. The fourth-order valence-electron chi connectivity index (χ4n) is 5.18. The summed E-state index contributed by atoms with van der Waals surface area (Å²) in [6.45, 7) is 9.28. The fourth-order valence-corrected chi connectivity index (χ4v) is 6.21. The van der Waals surface area contributed by atoms with Gasteiger partial charge in [0.1, 0.15) is 11.0 Å². The van der Waals surface area contributed by atoms with Crippen LogP contribution in [0.25, 0.3) is 5.70 Å². The van der Waals surface area contributed by atoms with Crippen LogP contribution in [0.15, 0.2) is 17.0 Å². The molecular weight excluding hydrogens is 422 g/mol. The minimum Gasteiger partial charge on any atom is -0.493 e. The first-order valence-corrected chi connectivity index (χ1v) is 12.7. The lowest BCUT2D eigenvalue weighted by molar-refractivity contribution is 0.0386. The first kappa shape index (κ1) is 23.3. The van der Waals surface area contributed by atoms with Crippen LogP contribution in [0.5, 0.6) is 11.5 Å². The highest BCUT2D eigenvalue weighted by Gasteiger charge is 2.36. The molecule has 1 saturated carbocycles. The smallest absolute Gasteiger partial charge is 0.161 e. The number of ether oxygens (including phenoxy) is 3. The van der Waals surface area contributed by atoms with Crippen LogP contribution in [-0.2, 0) is 4.74 Å². The lowest BCUT2D eigenvalue weighted by Gasteiger charge is -2.40. The molecule has 3 aliphatic rings. The fraction of sp³-hybridized carbons (Fsp3) is 0.640. The molecule has 3 unspecified atom stereocenters. The van der Waals surface area contributed by atoms with E-state index < -0.39 is 0 Å². The zero-order chi connectivity index (χ0) is 22.5. The number of rotatable bonds is 7. The van der Waals surface area contributed by atoms with E-state index in [9.17, 15) is 5.26 Å². The molecule has 174 valence electrons. The second-order valence-electron chi connectivity index (χ2n) is 8.82. The van der Waals surface area contributed by atoms with Crippen molar-refractivity contribution in [1.82, 2.24) is 10.2 Å². The van der Waals surface area contributed by atoms with Crippen molar-refractivity contribution in [2.45, 2.75) is 56.7 Å². The van der Waals surface area contributed by atoms with Gasteiger partial charge in [0, 0.05) is 42.4 Å². The molecule has 32 heavy (non-hydrogen) atoms. The molecule has 1 N–H and O–H groups in total. The number of nitrogens with zero attached hydrogens (tertiary/aromatic N) is 2. The van der Waals surface area contributed by atoms with Crippen molar-refractivity contribution in [2.75, 3.05) is 46.6 Å². The number of hydrogen-bond donors (Lipinski definition) is 1. The molecule has 7 heteroatoms. The van der Waals surface area contributed by atoms with Crippen molar-refractivity contribution in [3.05, 3.63) is 28.2 Å². The van der Waals surface area contributed by atoms with E-state index in [0.29, 0.717) is 23.8 Å². The number of thioether (sulfide) groups is 1. The first-order chi connectivity index (χ1) is 15.6. The summed E-state index contributed by atoms with van der Waals surface area (Å²) in [5.74, 6) is 1.97. The average Bonchev–Trinajstić information content (AvgIpc) is 2.82. The Bertz CT molecular complexity index is 876. The van der Waals surface area contributed by atoms with Gasteiger partial charge in [0.25, 0.3) is 0 Å². The van der Waals surface area contributed by atoms with Crippen LogP contribution in [-0.4, -0.2) is 62.8 Å². The third kappa shape index (κ3) is 5.03. The van der Waals surface area contributed by atoms with E-state index in [0.717, 1.165) is 73.4 Å². The van der Waals surface area contributed by atoms with Crippen molar-refractivity contribution >= 4 is 17.5 Å². The van der Waals surface area contributed by atoms with Crippen LogP contribution in [0.1, 0.15) is 56.6 Å². The molecule has 1 aromatic rings. The normalized spacial score (nSPS) is 25.6. The molecule has 3 atom stereocenters. The van der Waals surface area contributed by atoms with E-state index in [4.69, 9.17) is 14.2 Å². The minimum absolute atomic E-state index is 0.314. The SMILES string of the molecule is CCOc1cc2c(cc1OC)C(=C(C#N)SC(C)CN1CCOCC1)NC1CCCCC21. The highest BCUT2D eigenvalue weighted by Crippen LogP contribution is 2.47. The summed E-state index contributed by atoms with van der Waals surface area (Å²) in [6, 6.07) is 7.12. The Balaban J connectivity index is 1.68. The predicted molar refractivity (Wildman–Crippen MR) is 129 cm³/mol. The van der Waals surface area contributed by atoms with E-state index in [-0.39, 0.29) is 0 Å². The largest absolute Gasteiger partial charge is 0.493 e. The summed E-state index contributed by atoms with van der Waals surface area (Å²) >= 11 is 1.68. The standard InChI is InChI=1S/C25H35N3O3S/c1-4-31-23-13-19-18-7-5-6-8-21(18)27-25(20(19)14-22(23)29-3)24(15-26)32-17(2)16-28-9-11-30-12-10-28/h13-14,17-18,21,27H,4-12,16H2,1-3H3. The van der Waals surface area contributed by atoms with Crippen molar-refractivity contribution < 1.29 is 14.2 Å². The van der Waals surface area contributed by atoms with Crippen molar-refractivity contribution in [1.29, 1.82) is 5.26 Å². The monoisotopic (exact) mass is 457 g/mol. The Kier molecular flexibility index (Phi) is 7.88. The summed E-state index contributed by atoms with van der Waals surface area (Å²) in [5, 5.41) is 14.3. The molecule has 2 aliphatic heterocycles. The third-order valence-electron chi connectivity index (χ3n) is 6.67.